The number of carbonyl (C=O) groups is 1. The number of likely N-dealkylation sites (tertiary alicyclic amines) is 2. The summed E-state index contributed by atoms with van der Waals surface area (Å²) >= 11 is 0. The van der Waals surface area contributed by atoms with Crippen molar-refractivity contribution in [1.82, 2.24) is 9.80 Å². The van der Waals surface area contributed by atoms with Crippen molar-refractivity contribution in [3.8, 4) is 0 Å². The average Bonchev–Trinajstić information content (AvgIpc) is 3.08. The van der Waals surface area contributed by atoms with Crippen LogP contribution in [-0.2, 0) is 9.53 Å². The lowest BCUT2D eigenvalue weighted by molar-refractivity contribution is -0.133. The molecule has 3 saturated heterocycles. The van der Waals surface area contributed by atoms with E-state index >= 15 is 0 Å². The van der Waals surface area contributed by atoms with Crippen LogP contribution in [0.2, 0.25) is 0 Å². The lowest BCUT2D eigenvalue weighted by Crippen LogP contribution is -2.39. The Morgan fingerprint density at radius 1 is 1.19 bits per heavy atom. The molecule has 1 saturated carbocycles. The van der Waals surface area contributed by atoms with Gasteiger partial charge in [-0.2, -0.15) is 0 Å². The van der Waals surface area contributed by atoms with E-state index in [1.54, 1.807) is 0 Å². The third-order valence-corrected chi connectivity index (χ3v) is 6.29. The number of rotatable bonds is 4. The van der Waals surface area contributed by atoms with E-state index in [4.69, 9.17) is 4.74 Å². The molecule has 0 radical (unpaired) electrons. The monoisotopic (exact) mass is 292 g/mol. The van der Waals surface area contributed by atoms with E-state index < -0.39 is 0 Å². The van der Waals surface area contributed by atoms with Crippen LogP contribution in [0.4, 0.5) is 0 Å². The number of nitrogens with zero attached hydrogens (tertiary/aromatic N) is 2. The number of amides is 1. The fraction of sp³-hybridized carbons (Fsp3) is 0.941. The Balaban J connectivity index is 1.39. The zero-order valence-electron chi connectivity index (χ0n) is 13.1. The van der Waals surface area contributed by atoms with Gasteiger partial charge >= 0.3 is 0 Å². The number of hydrogen-bond acceptors (Lipinski definition) is 3. The molecule has 3 aliphatic heterocycles. The van der Waals surface area contributed by atoms with Crippen LogP contribution in [0.15, 0.2) is 0 Å². The Kier molecular flexibility index (Phi) is 3.70. The van der Waals surface area contributed by atoms with Crippen molar-refractivity contribution in [2.45, 2.75) is 38.5 Å². The van der Waals surface area contributed by atoms with E-state index in [2.05, 4.69) is 9.80 Å². The molecule has 21 heavy (non-hydrogen) atoms. The minimum absolute atomic E-state index is 0.128. The average molecular weight is 292 g/mol. The van der Waals surface area contributed by atoms with Gasteiger partial charge < -0.3 is 14.5 Å². The van der Waals surface area contributed by atoms with Gasteiger partial charge in [-0.25, -0.2) is 0 Å². The standard InChI is InChI=1S/C17H28N2O2/c20-16(19-6-1-2-7-19)8-17-12-18(9-14-4-3-5-14)10-15(17)11-21-13-17/h14-15H,1-13H2/t15-,17+/m1/s1. The number of ether oxygens (including phenoxy) is 1. The molecule has 4 aliphatic rings. The van der Waals surface area contributed by atoms with Crippen LogP contribution in [-0.4, -0.2) is 61.6 Å². The lowest BCUT2D eigenvalue weighted by atomic mass is 9.77. The van der Waals surface area contributed by atoms with E-state index in [-0.39, 0.29) is 5.41 Å². The fourth-order valence-corrected chi connectivity index (χ4v) is 4.75. The zero-order chi connectivity index (χ0) is 14.3. The first-order valence-electron chi connectivity index (χ1n) is 8.83. The molecule has 0 spiro atoms. The highest BCUT2D eigenvalue weighted by Crippen LogP contribution is 2.45. The largest absolute Gasteiger partial charge is 0.380 e. The minimum atomic E-state index is 0.128. The van der Waals surface area contributed by atoms with Gasteiger partial charge in [0.1, 0.15) is 0 Å². The van der Waals surface area contributed by atoms with Crippen LogP contribution in [0.5, 0.6) is 0 Å². The molecule has 4 rings (SSSR count). The topological polar surface area (TPSA) is 32.8 Å². The van der Waals surface area contributed by atoms with Crippen LogP contribution < -0.4 is 0 Å². The summed E-state index contributed by atoms with van der Waals surface area (Å²) in [4.78, 5) is 17.3. The minimum Gasteiger partial charge on any atom is -0.380 e. The van der Waals surface area contributed by atoms with Gasteiger partial charge in [-0.1, -0.05) is 6.42 Å². The van der Waals surface area contributed by atoms with Crippen molar-refractivity contribution < 1.29 is 9.53 Å². The summed E-state index contributed by atoms with van der Waals surface area (Å²) < 4.78 is 5.77. The Labute approximate surface area is 127 Å². The van der Waals surface area contributed by atoms with Crippen LogP contribution in [0, 0.1) is 17.3 Å². The smallest absolute Gasteiger partial charge is 0.223 e. The molecule has 2 atom stereocenters. The molecule has 0 N–H and O–H groups in total. The third kappa shape index (κ3) is 2.61. The molecular formula is C17H28N2O2. The van der Waals surface area contributed by atoms with Gasteiger partial charge in [-0.15, -0.1) is 0 Å². The Morgan fingerprint density at radius 3 is 2.71 bits per heavy atom. The molecular weight excluding hydrogens is 264 g/mol. The third-order valence-electron chi connectivity index (χ3n) is 6.29. The first kappa shape index (κ1) is 14.0. The van der Waals surface area contributed by atoms with Crippen LogP contribution in [0.25, 0.3) is 0 Å². The van der Waals surface area contributed by atoms with E-state index in [0.29, 0.717) is 11.8 Å². The number of hydrogen-bond donors (Lipinski definition) is 0. The second-order valence-electron chi connectivity index (χ2n) is 7.83. The summed E-state index contributed by atoms with van der Waals surface area (Å²) in [5.41, 5.74) is 0.128. The van der Waals surface area contributed by atoms with Crippen molar-refractivity contribution in [2.75, 3.05) is 45.9 Å². The fourth-order valence-electron chi connectivity index (χ4n) is 4.75. The highest BCUT2D eigenvalue weighted by molar-refractivity contribution is 5.77. The summed E-state index contributed by atoms with van der Waals surface area (Å²) in [6.07, 6.45) is 7.34. The van der Waals surface area contributed by atoms with Crippen LogP contribution in [0.1, 0.15) is 38.5 Å². The molecule has 4 heteroatoms. The first-order chi connectivity index (χ1) is 10.3. The van der Waals surface area contributed by atoms with Gasteiger partial charge in [-0.3, -0.25) is 4.79 Å². The molecule has 0 unspecified atom stereocenters. The maximum atomic E-state index is 12.6. The molecule has 3 heterocycles. The summed E-state index contributed by atoms with van der Waals surface area (Å²) in [5.74, 6) is 1.90. The summed E-state index contributed by atoms with van der Waals surface area (Å²) in [7, 11) is 0. The number of fused-ring (bicyclic) bond motifs is 1. The van der Waals surface area contributed by atoms with Crippen molar-refractivity contribution >= 4 is 5.91 Å². The predicted octanol–water partition coefficient (Wildman–Crippen LogP) is 1.75. The van der Waals surface area contributed by atoms with Crippen molar-refractivity contribution in [2.24, 2.45) is 17.3 Å². The zero-order valence-corrected chi connectivity index (χ0v) is 13.1. The van der Waals surface area contributed by atoms with Crippen molar-refractivity contribution in [3.05, 3.63) is 0 Å². The second-order valence-corrected chi connectivity index (χ2v) is 7.83. The van der Waals surface area contributed by atoms with Gasteiger partial charge in [0.15, 0.2) is 0 Å². The summed E-state index contributed by atoms with van der Waals surface area (Å²) in [6.45, 7) is 7.14. The Morgan fingerprint density at radius 2 is 2.00 bits per heavy atom. The van der Waals surface area contributed by atoms with Gasteiger partial charge in [0.25, 0.3) is 0 Å². The predicted molar refractivity (Wildman–Crippen MR) is 81.0 cm³/mol. The van der Waals surface area contributed by atoms with Crippen LogP contribution in [0.3, 0.4) is 0 Å². The molecule has 0 aromatic carbocycles. The van der Waals surface area contributed by atoms with E-state index in [0.717, 1.165) is 51.7 Å². The Hall–Kier alpha value is -0.610. The normalized spacial score (nSPS) is 37.0. The molecule has 118 valence electrons. The molecule has 0 aromatic heterocycles. The maximum Gasteiger partial charge on any atom is 0.223 e. The highest BCUT2D eigenvalue weighted by atomic mass is 16.5. The molecule has 4 nitrogen and oxygen atoms in total. The SMILES string of the molecule is O=C(C[C@]12COC[C@H]1CN(CC1CCC1)C2)N1CCCC1. The van der Waals surface area contributed by atoms with Gasteiger partial charge in [-0.05, 0) is 31.6 Å². The highest BCUT2D eigenvalue weighted by Gasteiger charge is 2.52. The summed E-state index contributed by atoms with van der Waals surface area (Å²) in [5, 5.41) is 0. The van der Waals surface area contributed by atoms with E-state index in [9.17, 15) is 4.79 Å². The molecule has 0 bridgehead atoms. The van der Waals surface area contributed by atoms with Gasteiger partial charge in [0, 0.05) is 50.5 Å². The van der Waals surface area contributed by atoms with Gasteiger partial charge in [0.05, 0.1) is 13.2 Å². The van der Waals surface area contributed by atoms with E-state index in [1.807, 2.05) is 0 Å². The summed E-state index contributed by atoms with van der Waals surface area (Å²) in [6, 6.07) is 0. The quantitative estimate of drug-likeness (QED) is 0.791. The van der Waals surface area contributed by atoms with Crippen molar-refractivity contribution in [1.29, 1.82) is 0 Å². The van der Waals surface area contributed by atoms with Crippen LogP contribution >= 0.6 is 0 Å². The van der Waals surface area contributed by atoms with Gasteiger partial charge in [0.2, 0.25) is 5.91 Å². The molecule has 1 amide bonds. The molecule has 0 aromatic rings. The maximum absolute atomic E-state index is 12.6. The van der Waals surface area contributed by atoms with Crippen molar-refractivity contribution in [3.63, 3.8) is 0 Å². The lowest BCUT2D eigenvalue weighted by Gasteiger charge is -2.32. The second kappa shape index (κ2) is 5.54. The molecule has 1 aliphatic carbocycles. The van der Waals surface area contributed by atoms with E-state index in [1.165, 1.54) is 38.6 Å². The Bertz CT molecular complexity index is 404. The first-order valence-corrected chi connectivity index (χ1v) is 8.83. The number of carbonyl (C=O) groups excluding carboxylic acids is 1. The molecule has 4 fully saturated rings.